The van der Waals surface area contributed by atoms with Crippen molar-refractivity contribution in [3.63, 3.8) is 0 Å². The molecule has 1 aromatic heterocycles. The molecule has 0 fully saturated rings. The zero-order chi connectivity index (χ0) is 15.9. The highest BCUT2D eigenvalue weighted by molar-refractivity contribution is 5.99. The van der Waals surface area contributed by atoms with E-state index >= 15 is 0 Å². The van der Waals surface area contributed by atoms with E-state index in [2.05, 4.69) is 4.98 Å². The number of ketones is 1. The molecular weight excluding hydrogens is 286 g/mol. The first-order valence-electron chi connectivity index (χ1n) is 7.52. The molecule has 0 saturated heterocycles. The number of hydrogen-bond acceptors (Lipinski definition) is 3. The number of ether oxygens (including phenoxy) is 1. The van der Waals surface area contributed by atoms with E-state index in [0.717, 1.165) is 11.3 Å². The summed E-state index contributed by atoms with van der Waals surface area (Å²) in [6.07, 6.45) is 1.97. The number of hydrogen-bond donors (Lipinski definition) is 0. The summed E-state index contributed by atoms with van der Waals surface area (Å²) >= 11 is 0. The number of carbonyl (C=O) groups is 1. The molecule has 0 aliphatic rings. The zero-order valence-corrected chi connectivity index (χ0v) is 12.7. The second kappa shape index (κ2) is 7.36. The molecule has 0 bridgehead atoms. The van der Waals surface area contributed by atoms with E-state index in [1.807, 2.05) is 66.7 Å². The topological polar surface area (TPSA) is 39.2 Å². The van der Waals surface area contributed by atoms with Crippen LogP contribution in [0, 0.1) is 0 Å². The summed E-state index contributed by atoms with van der Waals surface area (Å²) in [6.45, 7) is 0.439. The molecule has 0 aliphatic carbocycles. The molecule has 0 saturated carbocycles. The van der Waals surface area contributed by atoms with Crippen molar-refractivity contribution in [2.75, 3.05) is 0 Å². The number of carbonyl (C=O) groups excluding carboxylic acids is 1. The van der Waals surface area contributed by atoms with Crippen LogP contribution in [-0.2, 0) is 13.0 Å². The highest BCUT2D eigenvalue weighted by Crippen LogP contribution is 2.21. The molecule has 23 heavy (non-hydrogen) atoms. The van der Waals surface area contributed by atoms with E-state index in [0.29, 0.717) is 17.9 Å². The van der Waals surface area contributed by atoms with Gasteiger partial charge in [0.25, 0.3) is 0 Å². The largest absolute Gasteiger partial charge is 0.488 e. The van der Waals surface area contributed by atoms with Crippen LogP contribution in [0.15, 0.2) is 79.0 Å². The third-order valence-corrected chi connectivity index (χ3v) is 3.49. The third kappa shape index (κ3) is 4.04. The maximum Gasteiger partial charge on any atom is 0.172 e. The maximum absolute atomic E-state index is 12.5. The van der Waals surface area contributed by atoms with Gasteiger partial charge < -0.3 is 4.74 Å². The summed E-state index contributed by atoms with van der Waals surface area (Å²) in [5.41, 5.74) is 2.42. The fraction of sp³-hybridized carbons (Fsp3) is 0.100. The van der Waals surface area contributed by atoms with Crippen LogP contribution in [0.3, 0.4) is 0 Å². The number of para-hydroxylation sites is 1. The van der Waals surface area contributed by atoms with Crippen LogP contribution in [0.1, 0.15) is 21.6 Å². The van der Waals surface area contributed by atoms with Crippen molar-refractivity contribution in [3.8, 4) is 5.75 Å². The average molecular weight is 303 g/mol. The van der Waals surface area contributed by atoms with Gasteiger partial charge in [0.1, 0.15) is 12.4 Å². The fourth-order valence-electron chi connectivity index (χ4n) is 2.32. The van der Waals surface area contributed by atoms with Crippen molar-refractivity contribution >= 4 is 5.78 Å². The summed E-state index contributed by atoms with van der Waals surface area (Å²) in [6, 6.07) is 22.8. The number of nitrogens with zero attached hydrogens (tertiary/aromatic N) is 1. The van der Waals surface area contributed by atoms with E-state index in [-0.39, 0.29) is 12.2 Å². The lowest BCUT2D eigenvalue weighted by Crippen LogP contribution is -2.08. The van der Waals surface area contributed by atoms with Gasteiger partial charge in [-0.3, -0.25) is 9.78 Å². The Morgan fingerprint density at radius 2 is 1.61 bits per heavy atom. The molecule has 2 aromatic carbocycles. The van der Waals surface area contributed by atoms with Crippen LogP contribution >= 0.6 is 0 Å². The standard InChI is InChI=1S/C20H17NO2/c22-19(14-17-10-6-7-13-21-17)18-11-4-5-12-20(18)23-15-16-8-2-1-3-9-16/h1-13H,14-15H2. The smallest absolute Gasteiger partial charge is 0.172 e. The molecule has 3 nitrogen and oxygen atoms in total. The Morgan fingerprint density at radius 3 is 2.39 bits per heavy atom. The van der Waals surface area contributed by atoms with Crippen molar-refractivity contribution in [1.29, 1.82) is 0 Å². The Morgan fingerprint density at radius 1 is 0.870 bits per heavy atom. The highest BCUT2D eigenvalue weighted by atomic mass is 16.5. The van der Waals surface area contributed by atoms with Crippen molar-refractivity contribution < 1.29 is 9.53 Å². The summed E-state index contributed by atoms with van der Waals surface area (Å²) in [4.78, 5) is 16.7. The zero-order valence-electron chi connectivity index (χ0n) is 12.7. The molecule has 0 spiro atoms. The van der Waals surface area contributed by atoms with E-state index in [1.54, 1.807) is 12.3 Å². The van der Waals surface area contributed by atoms with Gasteiger partial charge in [-0.05, 0) is 29.8 Å². The predicted octanol–water partition coefficient (Wildman–Crippen LogP) is 4.09. The molecular formula is C20H17NO2. The van der Waals surface area contributed by atoms with Gasteiger partial charge >= 0.3 is 0 Å². The van der Waals surface area contributed by atoms with Gasteiger partial charge in [-0.2, -0.15) is 0 Å². The molecule has 0 unspecified atom stereocenters. The number of Topliss-reactive ketones (excluding diaryl/α,β-unsaturated/α-hetero) is 1. The highest BCUT2D eigenvalue weighted by Gasteiger charge is 2.13. The summed E-state index contributed by atoms with van der Waals surface area (Å²) < 4.78 is 5.84. The van der Waals surface area contributed by atoms with Gasteiger partial charge in [0.05, 0.1) is 12.0 Å². The summed E-state index contributed by atoms with van der Waals surface area (Å²) in [5.74, 6) is 0.615. The third-order valence-electron chi connectivity index (χ3n) is 3.49. The number of pyridine rings is 1. The van der Waals surface area contributed by atoms with Gasteiger partial charge in [-0.1, -0.05) is 48.5 Å². The van der Waals surface area contributed by atoms with E-state index in [9.17, 15) is 4.79 Å². The minimum absolute atomic E-state index is 0.00682. The second-order valence-electron chi connectivity index (χ2n) is 5.19. The fourth-order valence-corrected chi connectivity index (χ4v) is 2.32. The van der Waals surface area contributed by atoms with Crippen LogP contribution < -0.4 is 4.74 Å². The van der Waals surface area contributed by atoms with Crippen LogP contribution in [0.25, 0.3) is 0 Å². The van der Waals surface area contributed by atoms with Crippen molar-refractivity contribution in [2.45, 2.75) is 13.0 Å². The first-order valence-corrected chi connectivity index (χ1v) is 7.52. The lowest BCUT2D eigenvalue weighted by Gasteiger charge is -2.10. The monoisotopic (exact) mass is 303 g/mol. The average Bonchev–Trinajstić information content (AvgIpc) is 2.62. The van der Waals surface area contributed by atoms with Crippen LogP contribution in [0.4, 0.5) is 0 Å². The molecule has 0 radical (unpaired) electrons. The molecule has 114 valence electrons. The Balaban J connectivity index is 1.73. The molecule has 1 heterocycles. The van der Waals surface area contributed by atoms with Gasteiger partial charge in [-0.15, -0.1) is 0 Å². The van der Waals surface area contributed by atoms with Crippen molar-refractivity contribution in [3.05, 3.63) is 95.8 Å². The SMILES string of the molecule is O=C(Cc1ccccn1)c1ccccc1OCc1ccccc1. The van der Waals surface area contributed by atoms with Crippen LogP contribution in [0.5, 0.6) is 5.75 Å². The Hall–Kier alpha value is -2.94. The number of rotatable bonds is 6. The Labute approximate surface area is 135 Å². The molecule has 0 amide bonds. The van der Waals surface area contributed by atoms with Crippen molar-refractivity contribution in [1.82, 2.24) is 4.98 Å². The Bertz CT molecular complexity index is 770. The lowest BCUT2D eigenvalue weighted by molar-refractivity contribution is 0.0987. The van der Waals surface area contributed by atoms with Crippen LogP contribution in [-0.4, -0.2) is 10.8 Å². The van der Waals surface area contributed by atoms with Gasteiger partial charge in [0.2, 0.25) is 0 Å². The second-order valence-corrected chi connectivity index (χ2v) is 5.19. The molecule has 0 atom stereocenters. The quantitative estimate of drug-likeness (QED) is 0.644. The van der Waals surface area contributed by atoms with Gasteiger partial charge in [-0.25, -0.2) is 0 Å². The minimum Gasteiger partial charge on any atom is -0.488 e. The van der Waals surface area contributed by atoms with E-state index in [4.69, 9.17) is 4.74 Å². The normalized spacial score (nSPS) is 10.3. The van der Waals surface area contributed by atoms with E-state index < -0.39 is 0 Å². The molecule has 3 aromatic rings. The molecule has 0 N–H and O–H groups in total. The molecule has 3 heteroatoms. The Kier molecular flexibility index (Phi) is 4.79. The summed E-state index contributed by atoms with van der Waals surface area (Å²) in [7, 11) is 0. The predicted molar refractivity (Wildman–Crippen MR) is 89.5 cm³/mol. The first-order chi connectivity index (χ1) is 11.3. The van der Waals surface area contributed by atoms with E-state index in [1.165, 1.54) is 0 Å². The first kappa shape index (κ1) is 15.0. The lowest BCUT2D eigenvalue weighted by atomic mass is 10.1. The minimum atomic E-state index is 0.00682. The van der Waals surface area contributed by atoms with Crippen LogP contribution in [0.2, 0.25) is 0 Å². The molecule has 3 rings (SSSR count). The number of aromatic nitrogens is 1. The van der Waals surface area contributed by atoms with Crippen molar-refractivity contribution in [2.24, 2.45) is 0 Å². The summed E-state index contributed by atoms with van der Waals surface area (Å²) in [5, 5.41) is 0. The maximum atomic E-state index is 12.5. The van der Waals surface area contributed by atoms with Gasteiger partial charge in [0.15, 0.2) is 5.78 Å². The number of benzene rings is 2. The van der Waals surface area contributed by atoms with Gasteiger partial charge in [0, 0.05) is 11.9 Å². The molecule has 0 aliphatic heterocycles.